The highest BCUT2D eigenvalue weighted by Crippen LogP contribution is 2.40. The molecule has 5 nitrogen and oxygen atoms in total. The zero-order valence-electron chi connectivity index (χ0n) is 18.2. The molecular formula is C25H28ClNO4. The van der Waals surface area contributed by atoms with Gasteiger partial charge in [0, 0.05) is 12.1 Å². The minimum atomic E-state index is -0.674. The van der Waals surface area contributed by atoms with Gasteiger partial charge in [0.25, 0.3) is 11.7 Å². The van der Waals surface area contributed by atoms with Crippen LogP contribution in [0.1, 0.15) is 55.8 Å². The number of benzene rings is 2. The molecule has 1 amide bonds. The molecule has 0 spiro atoms. The number of aliphatic hydroxyl groups excluding tert-OH is 1. The summed E-state index contributed by atoms with van der Waals surface area (Å²) in [7, 11) is 1.48. The van der Waals surface area contributed by atoms with Crippen molar-refractivity contribution in [1.82, 2.24) is 4.90 Å². The third-order valence-corrected chi connectivity index (χ3v) is 5.98. The van der Waals surface area contributed by atoms with Gasteiger partial charge in [-0.05, 0) is 42.2 Å². The van der Waals surface area contributed by atoms with Crippen LogP contribution in [0.25, 0.3) is 5.76 Å². The first-order chi connectivity index (χ1) is 14.9. The van der Waals surface area contributed by atoms with Gasteiger partial charge >= 0.3 is 0 Å². The second-order valence-corrected chi connectivity index (χ2v) is 8.05. The summed E-state index contributed by atoms with van der Waals surface area (Å²) in [4.78, 5) is 27.5. The number of ether oxygens (including phenoxy) is 1. The van der Waals surface area contributed by atoms with E-state index in [1.54, 1.807) is 23.1 Å². The molecule has 0 radical (unpaired) electrons. The Balaban J connectivity index is 2.13. The fraction of sp³-hybridized carbons (Fsp3) is 0.360. The normalized spacial score (nSPS) is 17.9. The van der Waals surface area contributed by atoms with E-state index in [1.807, 2.05) is 24.3 Å². The Morgan fingerprint density at radius 2 is 1.81 bits per heavy atom. The predicted octanol–water partition coefficient (Wildman–Crippen LogP) is 5.52. The van der Waals surface area contributed by atoms with Crippen LogP contribution in [0.2, 0.25) is 5.02 Å². The highest BCUT2D eigenvalue weighted by molar-refractivity contribution is 6.46. The summed E-state index contributed by atoms with van der Waals surface area (Å²) < 4.78 is 5.24. The Kier molecular flexibility index (Phi) is 7.39. The van der Waals surface area contributed by atoms with Crippen LogP contribution in [0.15, 0.2) is 48.0 Å². The van der Waals surface area contributed by atoms with Crippen LogP contribution in [0.5, 0.6) is 5.75 Å². The Morgan fingerprint density at radius 3 is 2.42 bits per heavy atom. The summed E-state index contributed by atoms with van der Waals surface area (Å²) in [5.74, 6) is -1.10. The Bertz CT molecular complexity index is 997. The first-order valence-electron chi connectivity index (χ1n) is 10.6. The van der Waals surface area contributed by atoms with Crippen LogP contribution in [-0.4, -0.2) is 35.4 Å². The van der Waals surface area contributed by atoms with Gasteiger partial charge in [0.2, 0.25) is 0 Å². The van der Waals surface area contributed by atoms with Crippen LogP contribution in [0.3, 0.4) is 0 Å². The molecule has 0 bridgehead atoms. The maximum absolute atomic E-state index is 13.0. The van der Waals surface area contributed by atoms with Crippen molar-refractivity contribution >= 4 is 29.1 Å². The molecule has 1 N–H and O–H groups in total. The SMILES string of the molecule is CCCCCN1C(=O)C(=O)/C(=C(\O)c2ccc(Cl)c(OC)c2)C1c1ccc(CC)cc1. The van der Waals surface area contributed by atoms with Gasteiger partial charge in [-0.1, -0.05) is 62.6 Å². The van der Waals surface area contributed by atoms with Crippen LogP contribution in [0.4, 0.5) is 0 Å². The van der Waals surface area contributed by atoms with E-state index in [2.05, 4.69) is 13.8 Å². The minimum absolute atomic E-state index is 0.0927. The zero-order chi connectivity index (χ0) is 22.5. The van der Waals surface area contributed by atoms with Crippen molar-refractivity contribution in [2.45, 2.75) is 45.6 Å². The molecule has 6 heteroatoms. The van der Waals surface area contributed by atoms with Gasteiger partial charge in [-0.2, -0.15) is 0 Å². The first-order valence-corrected chi connectivity index (χ1v) is 11.0. The monoisotopic (exact) mass is 441 g/mol. The molecule has 164 valence electrons. The van der Waals surface area contributed by atoms with Gasteiger partial charge in [0.15, 0.2) is 0 Å². The van der Waals surface area contributed by atoms with Crippen molar-refractivity contribution < 1.29 is 19.4 Å². The van der Waals surface area contributed by atoms with Crippen molar-refractivity contribution in [2.24, 2.45) is 0 Å². The molecule has 1 unspecified atom stereocenters. The number of carbonyl (C=O) groups is 2. The molecule has 1 heterocycles. The van der Waals surface area contributed by atoms with Crippen molar-refractivity contribution in [3.63, 3.8) is 0 Å². The van der Waals surface area contributed by atoms with Gasteiger partial charge in [0.1, 0.15) is 11.5 Å². The van der Waals surface area contributed by atoms with E-state index in [0.29, 0.717) is 22.9 Å². The predicted molar refractivity (Wildman–Crippen MR) is 122 cm³/mol. The number of Topliss-reactive ketones (excluding diaryl/α,β-unsaturated/α-hetero) is 1. The number of aliphatic hydroxyl groups is 1. The fourth-order valence-electron chi connectivity index (χ4n) is 3.89. The lowest BCUT2D eigenvalue weighted by atomic mass is 9.94. The molecule has 0 saturated carbocycles. The quantitative estimate of drug-likeness (QED) is 0.253. The average molecular weight is 442 g/mol. The Hall–Kier alpha value is -2.79. The third kappa shape index (κ3) is 4.62. The van der Waals surface area contributed by atoms with E-state index in [0.717, 1.165) is 36.8 Å². The number of aryl methyl sites for hydroxylation is 1. The summed E-state index contributed by atoms with van der Waals surface area (Å²) in [6.45, 7) is 4.61. The largest absolute Gasteiger partial charge is 0.507 e. The standard InChI is InChI=1S/C25H28ClNO4/c1-4-6-7-14-27-22(17-10-8-16(5-2)9-11-17)21(24(29)25(27)30)23(28)18-12-13-19(26)20(15-18)31-3/h8-13,15,22,28H,4-7,14H2,1-3H3/b23-21-. The number of likely N-dealkylation sites (tertiary alicyclic amines) is 1. The lowest BCUT2D eigenvalue weighted by molar-refractivity contribution is -0.139. The lowest BCUT2D eigenvalue weighted by Gasteiger charge is -2.25. The highest BCUT2D eigenvalue weighted by atomic mass is 35.5. The van der Waals surface area contributed by atoms with E-state index in [9.17, 15) is 14.7 Å². The molecule has 0 aliphatic carbocycles. The van der Waals surface area contributed by atoms with Crippen LogP contribution in [0, 0.1) is 0 Å². The molecule has 1 aliphatic heterocycles. The van der Waals surface area contributed by atoms with Crippen molar-refractivity contribution in [3.05, 3.63) is 69.8 Å². The molecule has 1 fully saturated rings. The van der Waals surface area contributed by atoms with E-state index in [4.69, 9.17) is 16.3 Å². The molecule has 2 aromatic carbocycles. The number of carbonyl (C=O) groups excluding carboxylic acids is 2. The topological polar surface area (TPSA) is 66.8 Å². The molecule has 1 atom stereocenters. The molecule has 3 rings (SSSR count). The van der Waals surface area contributed by atoms with Crippen molar-refractivity contribution in [1.29, 1.82) is 0 Å². The lowest BCUT2D eigenvalue weighted by Crippen LogP contribution is -2.30. The number of methoxy groups -OCH3 is 1. The Labute approximate surface area is 188 Å². The fourth-order valence-corrected chi connectivity index (χ4v) is 4.08. The molecule has 1 saturated heterocycles. The summed E-state index contributed by atoms with van der Waals surface area (Å²) in [6.07, 6.45) is 3.65. The number of ketones is 1. The number of halogens is 1. The third-order valence-electron chi connectivity index (χ3n) is 5.67. The maximum Gasteiger partial charge on any atom is 0.295 e. The molecule has 2 aromatic rings. The smallest absolute Gasteiger partial charge is 0.295 e. The molecular weight excluding hydrogens is 414 g/mol. The van der Waals surface area contributed by atoms with E-state index >= 15 is 0 Å². The minimum Gasteiger partial charge on any atom is -0.507 e. The number of hydrogen-bond donors (Lipinski definition) is 1. The number of nitrogens with zero attached hydrogens (tertiary/aromatic N) is 1. The van der Waals surface area contributed by atoms with Gasteiger partial charge in [-0.15, -0.1) is 0 Å². The maximum atomic E-state index is 13.0. The highest BCUT2D eigenvalue weighted by Gasteiger charge is 2.45. The summed E-state index contributed by atoms with van der Waals surface area (Å²) in [6, 6.07) is 12.0. The van der Waals surface area contributed by atoms with Gasteiger partial charge in [0.05, 0.1) is 23.7 Å². The van der Waals surface area contributed by atoms with E-state index in [-0.39, 0.29) is 11.3 Å². The number of unbranched alkanes of at least 4 members (excludes halogenated alkanes) is 2. The Morgan fingerprint density at radius 1 is 1.10 bits per heavy atom. The van der Waals surface area contributed by atoms with Gasteiger partial charge in [-0.25, -0.2) is 0 Å². The summed E-state index contributed by atoms with van der Waals surface area (Å²) >= 11 is 6.11. The average Bonchev–Trinajstić information content (AvgIpc) is 3.04. The van der Waals surface area contributed by atoms with Crippen LogP contribution >= 0.6 is 11.6 Å². The zero-order valence-corrected chi connectivity index (χ0v) is 18.9. The van der Waals surface area contributed by atoms with E-state index < -0.39 is 17.7 Å². The summed E-state index contributed by atoms with van der Waals surface area (Å²) in [5, 5.41) is 11.5. The van der Waals surface area contributed by atoms with Crippen LogP contribution < -0.4 is 4.74 Å². The first kappa shape index (κ1) is 22.9. The molecule has 31 heavy (non-hydrogen) atoms. The summed E-state index contributed by atoms with van der Waals surface area (Å²) in [5.41, 5.74) is 2.43. The number of amides is 1. The van der Waals surface area contributed by atoms with Crippen molar-refractivity contribution in [3.8, 4) is 5.75 Å². The number of rotatable bonds is 8. The van der Waals surface area contributed by atoms with E-state index in [1.165, 1.54) is 7.11 Å². The second kappa shape index (κ2) is 10.0. The van der Waals surface area contributed by atoms with Gasteiger partial charge < -0.3 is 14.7 Å². The van der Waals surface area contributed by atoms with Crippen molar-refractivity contribution in [2.75, 3.05) is 13.7 Å². The van der Waals surface area contributed by atoms with Crippen LogP contribution in [-0.2, 0) is 16.0 Å². The second-order valence-electron chi connectivity index (χ2n) is 7.64. The van der Waals surface area contributed by atoms with Gasteiger partial charge in [-0.3, -0.25) is 9.59 Å². The molecule has 0 aromatic heterocycles. The molecule has 1 aliphatic rings. The number of hydrogen-bond acceptors (Lipinski definition) is 4.